The highest BCUT2D eigenvalue weighted by molar-refractivity contribution is 7.99. The number of carboxylic acids is 1. The van der Waals surface area contributed by atoms with Gasteiger partial charge in [-0.1, -0.05) is 17.8 Å². The van der Waals surface area contributed by atoms with E-state index in [1.807, 2.05) is 42.3 Å². The van der Waals surface area contributed by atoms with Gasteiger partial charge in [-0.3, -0.25) is 4.79 Å². The Morgan fingerprint density at radius 2 is 2.21 bits per heavy atom. The van der Waals surface area contributed by atoms with Crippen LogP contribution in [0, 0.1) is 0 Å². The number of hydrogen-bond acceptors (Lipinski definition) is 4. The van der Waals surface area contributed by atoms with Crippen LogP contribution in [0.5, 0.6) is 0 Å². The number of aliphatic carboxylic acids is 1. The summed E-state index contributed by atoms with van der Waals surface area (Å²) in [6.07, 6.45) is 1.83. The van der Waals surface area contributed by atoms with Crippen molar-refractivity contribution in [2.75, 3.05) is 11.9 Å². The molecule has 0 radical (unpaired) electrons. The molecule has 1 aromatic heterocycles. The summed E-state index contributed by atoms with van der Waals surface area (Å²) in [7, 11) is 1.97. The predicted molar refractivity (Wildman–Crippen MR) is 74.2 cm³/mol. The highest BCUT2D eigenvalue weighted by atomic mass is 32.2. The third kappa shape index (κ3) is 2.17. The van der Waals surface area contributed by atoms with Gasteiger partial charge in [0.2, 0.25) is 0 Å². The van der Waals surface area contributed by atoms with E-state index in [0.29, 0.717) is 0 Å². The Kier molecular flexibility index (Phi) is 2.91. The smallest absolute Gasteiger partial charge is 0.307 e. The van der Waals surface area contributed by atoms with Gasteiger partial charge in [0.15, 0.2) is 0 Å². The number of carbonyl (C=O) groups is 1. The number of rotatable bonds is 2. The standard InChI is InChI=1S/C14H12N2O2S/c1-16-10-5-4-9(8-13(17)18)7-12(10)19-11-3-2-6-15-14(11)16/h2-7H,8H2,1H3,(H,17,18). The van der Waals surface area contributed by atoms with Crippen molar-refractivity contribution in [3.05, 3.63) is 42.1 Å². The lowest BCUT2D eigenvalue weighted by Crippen LogP contribution is -2.16. The first kappa shape index (κ1) is 12.0. The number of nitrogens with zero attached hydrogens (tertiary/aromatic N) is 2. The topological polar surface area (TPSA) is 53.4 Å². The van der Waals surface area contributed by atoms with Crippen LogP contribution in [0.25, 0.3) is 0 Å². The van der Waals surface area contributed by atoms with Crippen LogP contribution < -0.4 is 4.90 Å². The molecule has 2 heterocycles. The quantitative estimate of drug-likeness (QED) is 0.911. The molecule has 0 atom stereocenters. The van der Waals surface area contributed by atoms with Gasteiger partial charge in [-0.15, -0.1) is 0 Å². The van der Waals surface area contributed by atoms with Crippen LogP contribution in [0.4, 0.5) is 11.5 Å². The molecule has 0 bridgehead atoms. The summed E-state index contributed by atoms with van der Waals surface area (Å²) in [6.45, 7) is 0. The van der Waals surface area contributed by atoms with E-state index in [2.05, 4.69) is 4.98 Å². The van der Waals surface area contributed by atoms with Crippen LogP contribution in [0.1, 0.15) is 5.56 Å². The molecule has 4 nitrogen and oxygen atoms in total. The van der Waals surface area contributed by atoms with E-state index >= 15 is 0 Å². The van der Waals surface area contributed by atoms with Crippen LogP contribution in [-0.4, -0.2) is 23.1 Å². The molecule has 96 valence electrons. The van der Waals surface area contributed by atoms with Crippen LogP contribution in [-0.2, 0) is 11.2 Å². The number of carboxylic acid groups (broad SMARTS) is 1. The lowest BCUT2D eigenvalue weighted by molar-refractivity contribution is -0.136. The van der Waals surface area contributed by atoms with Crippen LogP contribution in [0.2, 0.25) is 0 Å². The average Bonchev–Trinajstić information content (AvgIpc) is 2.38. The molecular weight excluding hydrogens is 260 g/mol. The third-order valence-electron chi connectivity index (χ3n) is 3.03. The van der Waals surface area contributed by atoms with Gasteiger partial charge in [-0.25, -0.2) is 4.98 Å². The van der Waals surface area contributed by atoms with E-state index < -0.39 is 5.97 Å². The first-order chi connectivity index (χ1) is 9.15. The zero-order chi connectivity index (χ0) is 13.4. The van der Waals surface area contributed by atoms with Crippen molar-refractivity contribution in [2.45, 2.75) is 16.2 Å². The Morgan fingerprint density at radius 1 is 1.37 bits per heavy atom. The molecule has 19 heavy (non-hydrogen) atoms. The fraction of sp³-hybridized carbons (Fsp3) is 0.143. The molecule has 1 aliphatic rings. The molecule has 0 unspecified atom stereocenters. The molecule has 1 aromatic carbocycles. The molecule has 2 aromatic rings. The van der Waals surface area contributed by atoms with Crippen molar-refractivity contribution in [1.29, 1.82) is 0 Å². The molecule has 0 saturated carbocycles. The monoisotopic (exact) mass is 272 g/mol. The highest BCUT2D eigenvalue weighted by Crippen LogP contribution is 2.46. The van der Waals surface area contributed by atoms with Crippen LogP contribution >= 0.6 is 11.8 Å². The minimum absolute atomic E-state index is 0.0530. The minimum atomic E-state index is -0.809. The van der Waals surface area contributed by atoms with Crippen molar-refractivity contribution in [3.8, 4) is 0 Å². The largest absolute Gasteiger partial charge is 0.481 e. The summed E-state index contributed by atoms with van der Waals surface area (Å²) in [5.74, 6) is 0.127. The molecule has 0 aliphatic carbocycles. The second kappa shape index (κ2) is 4.59. The average molecular weight is 272 g/mol. The molecule has 0 amide bonds. The summed E-state index contributed by atoms with van der Waals surface area (Å²) < 4.78 is 0. The minimum Gasteiger partial charge on any atom is -0.481 e. The second-order valence-electron chi connectivity index (χ2n) is 4.36. The number of fused-ring (bicyclic) bond motifs is 2. The Balaban J connectivity index is 2.03. The Bertz CT molecular complexity index is 658. The van der Waals surface area contributed by atoms with Crippen molar-refractivity contribution in [1.82, 2.24) is 4.98 Å². The number of pyridine rings is 1. The van der Waals surface area contributed by atoms with Gasteiger partial charge >= 0.3 is 5.97 Å². The lowest BCUT2D eigenvalue weighted by atomic mass is 10.1. The molecule has 5 heteroatoms. The van der Waals surface area contributed by atoms with Gasteiger partial charge < -0.3 is 10.0 Å². The Hall–Kier alpha value is -2.01. The summed E-state index contributed by atoms with van der Waals surface area (Å²) in [6, 6.07) is 9.69. The molecule has 3 rings (SSSR count). The maximum absolute atomic E-state index is 10.8. The van der Waals surface area contributed by atoms with Gasteiger partial charge in [0.05, 0.1) is 17.0 Å². The molecule has 0 fully saturated rings. The number of anilines is 2. The van der Waals surface area contributed by atoms with Crippen LogP contribution in [0.3, 0.4) is 0 Å². The molecule has 1 aliphatic heterocycles. The van der Waals surface area contributed by atoms with Crippen molar-refractivity contribution >= 4 is 29.2 Å². The van der Waals surface area contributed by atoms with Gasteiger partial charge in [-0.2, -0.15) is 0 Å². The summed E-state index contributed by atoms with van der Waals surface area (Å²) in [5.41, 5.74) is 1.88. The van der Waals surface area contributed by atoms with Gasteiger partial charge in [0, 0.05) is 18.1 Å². The van der Waals surface area contributed by atoms with E-state index in [4.69, 9.17) is 5.11 Å². The molecule has 0 spiro atoms. The maximum Gasteiger partial charge on any atom is 0.307 e. The van der Waals surface area contributed by atoms with Gasteiger partial charge in [0.25, 0.3) is 0 Å². The first-order valence-electron chi connectivity index (χ1n) is 5.86. The lowest BCUT2D eigenvalue weighted by Gasteiger charge is -2.28. The Morgan fingerprint density at radius 3 is 3.00 bits per heavy atom. The third-order valence-corrected chi connectivity index (χ3v) is 4.11. The van der Waals surface area contributed by atoms with Gasteiger partial charge in [-0.05, 0) is 29.8 Å². The zero-order valence-corrected chi connectivity index (χ0v) is 11.1. The predicted octanol–water partition coefficient (Wildman–Crippen LogP) is 2.94. The van der Waals surface area contributed by atoms with E-state index in [-0.39, 0.29) is 6.42 Å². The highest BCUT2D eigenvalue weighted by Gasteiger charge is 2.21. The number of hydrogen-bond donors (Lipinski definition) is 1. The van der Waals surface area contributed by atoms with Gasteiger partial charge in [0.1, 0.15) is 5.82 Å². The fourth-order valence-corrected chi connectivity index (χ4v) is 3.33. The van der Waals surface area contributed by atoms with E-state index in [9.17, 15) is 4.79 Å². The van der Waals surface area contributed by atoms with Crippen molar-refractivity contribution in [2.24, 2.45) is 0 Å². The molecular formula is C14H12N2O2S. The normalized spacial score (nSPS) is 12.8. The molecule has 1 N–H and O–H groups in total. The zero-order valence-electron chi connectivity index (χ0n) is 10.3. The summed E-state index contributed by atoms with van der Waals surface area (Å²) in [4.78, 5) is 19.3. The Labute approximate surface area is 115 Å². The molecule has 0 saturated heterocycles. The maximum atomic E-state index is 10.8. The summed E-state index contributed by atoms with van der Waals surface area (Å²) >= 11 is 1.63. The summed E-state index contributed by atoms with van der Waals surface area (Å²) in [5, 5.41) is 8.85. The van der Waals surface area contributed by atoms with Crippen LogP contribution in [0.15, 0.2) is 46.3 Å². The van der Waals surface area contributed by atoms with Crippen molar-refractivity contribution in [3.63, 3.8) is 0 Å². The van der Waals surface area contributed by atoms with E-state index in [0.717, 1.165) is 26.9 Å². The number of aromatic nitrogens is 1. The van der Waals surface area contributed by atoms with Crippen molar-refractivity contribution < 1.29 is 9.90 Å². The second-order valence-corrected chi connectivity index (χ2v) is 5.44. The van der Waals surface area contributed by atoms with E-state index in [1.165, 1.54) is 0 Å². The van der Waals surface area contributed by atoms with E-state index in [1.54, 1.807) is 18.0 Å². The first-order valence-corrected chi connectivity index (χ1v) is 6.68. The fourth-order valence-electron chi connectivity index (χ4n) is 2.15. The SMILES string of the molecule is CN1c2ccc(CC(=O)O)cc2Sc2cccnc21. The number of benzene rings is 1.